The lowest BCUT2D eigenvalue weighted by Crippen LogP contribution is -2.05. The Labute approximate surface area is 109 Å². The van der Waals surface area contributed by atoms with E-state index in [2.05, 4.69) is 21.8 Å². The van der Waals surface area contributed by atoms with Gasteiger partial charge in [-0.15, -0.1) is 16.8 Å². The van der Waals surface area contributed by atoms with Crippen molar-refractivity contribution in [1.29, 1.82) is 0 Å². The third-order valence-corrected chi connectivity index (χ3v) is 3.41. The summed E-state index contributed by atoms with van der Waals surface area (Å²) in [6.45, 7) is 6.23. The first kappa shape index (κ1) is 12.6. The Morgan fingerprint density at radius 3 is 3.11 bits per heavy atom. The molecule has 0 aromatic carbocycles. The predicted molar refractivity (Wildman–Crippen MR) is 70.8 cm³/mol. The first-order valence-corrected chi connectivity index (χ1v) is 6.51. The lowest BCUT2D eigenvalue weighted by molar-refractivity contribution is 0.101. The summed E-state index contributed by atoms with van der Waals surface area (Å²) in [5.41, 5.74) is 0.619. The average molecular weight is 262 g/mol. The maximum atomic E-state index is 11.8. The number of H-pyrrole nitrogens is 1. The van der Waals surface area contributed by atoms with E-state index < -0.39 is 0 Å². The second-order valence-electron chi connectivity index (χ2n) is 3.72. The van der Waals surface area contributed by atoms with Crippen molar-refractivity contribution >= 4 is 17.5 Å². The van der Waals surface area contributed by atoms with Crippen LogP contribution in [-0.4, -0.2) is 31.3 Å². The quantitative estimate of drug-likeness (QED) is 0.492. The van der Waals surface area contributed by atoms with Crippen LogP contribution in [0.1, 0.15) is 16.3 Å². The summed E-state index contributed by atoms with van der Waals surface area (Å²) in [4.78, 5) is 14.7. The normalized spacial score (nSPS) is 10.5. The topological polar surface area (TPSA) is 63.6 Å². The first-order valence-electron chi connectivity index (χ1n) is 5.52. The molecule has 2 aromatic heterocycles. The van der Waals surface area contributed by atoms with Crippen LogP contribution in [0.15, 0.2) is 36.1 Å². The number of aryl methyl sites for hydroxylation is 1. The molecule has 0 unspecified atom stereocenters. The van der Waals surface area contributed by atoms with E-state index in [1.165, 1.54) is 11.8 Å². The van der Waals surface area contributed by atoms with Gasteiger partial charge in [0, 0.05) is 12.7 Å². The van der Waals surface area contributed by atoms with Gasteiger partial charge in [-0.1, -0.05) is 17.8 Å². The second kappa shape index (κ2) is 5.68. The number of carbonyl (C=O) groups is 1. The van der Waals surface area contributed by atoms with Crippen LogP contribution in [0.25, 0.3) is 0 Å². The van der Waals surface area contributed by atoms with Gasteiger partial charge in [0.15, 0.2) is 10.9 Å². The van der Waals surface area contributed by atoms with Crippen LogP contribution in [0.2, 0.25) is 0 Å². The van der Waals surface area contributed by atoms with E-state index in [4.69, 9.17) is 0 Å². The van der Waals surface area contributed by atoms with Gasteiger partial charge in [0.05, 0.1) is 11.4 Å². The predicted octanol–water partition coefficient (Wildman–Crippen LogP) is 2.08. The molecule has 6 heteroatoms. The number of carbonyl (C=O) groups excluding carboxylic acids is 1. The molecule has 2 heterocycles. The van der Waals surface area contributed by atoms with E-state index in [-0.39, 0.29) is 5.78 Å². The van der Waals surface area contributed by atoms with Crippen LogP contribution in [0.4, 0.5) is 0 Å². The maximum Gasteiger partial charge on any atom is 0.191 e. The summed E-state index contributed by atoms with van der Waals surface area (Å²) in [7, 11) is 0. The van der Waals surface area contributed by atoms with Crippen molar-refractivity contribution in [1.82, 2.24) is 19.7 Å². The molecule has 2 rings (SSSR count). The fraction of sp³-hybridized carbons (Fsp3) is 0.250. The van der Waals surface area contributed by atoms with Crippen molar-refractivity contribution in [2.24, 2.45) is 0 Å². The molecule has 5 nitrogen and oxygen atoms in total. The lowest BCUT2D eigenvalue weighted by atomic mass is 10.3. The monoisotopic (exact) mass is 262 g/mol. The van der Waals surface area contributed by atoms with E-state index in [0.29, 0.717) is 18.0 Å². The van der Waals surface area contributed by atoms with Crippen molar-refractivity contribution in [3.8, 4) is 0 Å². The van der Waals surface area contributed by atoms with Crippen molar-refractivity contribution in [2.45, 2.75) is 18.6 Å². The van der Waals surface area contributed by atoms with Crippen LogP contribution >= 0.6 is 11.8 Å². The molecule has 0 aliphatic carbocycles. The molecule has 0 saturated heterocycles. The van der Waals surface area contributed by atoms with Gasteiger partial charge >= 0.3 is 0 Å². The fourth-order valence-corrected chi connectivity index (χ4v) is 2.40. The Kier molecular flexibility index (Phi) is 3.99. The van der Waals surface area contributed by atoms with Crippen molar-refractivity contribution in [3.05, 3.63) is 42.5 Å². The van der Waals surface area contributed by atoms with Crippen molar-refractivity contribution in [2.75, 3.05) is 5.75 Å². The minimum absolute atomic E-state index is 0.0517. The molecule has 18 heavy (non-hydrogen) atoms. The number of thioether (sulfide) groups is 1. The highest BCUT2D eigenvalue weighted by molar-refractivity contribution is 7.99. The number of hydrogen-bond acceptors (Lipinski definition) is 4. The summed E-state index contributed by atoms with van der Waals surface area (Å²) in [5, 5.41) is 8.80. The lowest BCUT2D eigenvalue weighted by Gasteiger charge is -2.04. The number of aromatic amines is 1. The molecule has 0 spiro atoms. The zero-order valence-corrected chi connectivity index (χ0v) is 10.9. The molecule has 0 aliphatic heterocycles. The Balaban J connectivity index is 2.02. The number of ketones is 1. The van der Waals surface area contributed by atoms with Crippen LogP contribution in [0.3, 0.4) is 0 Å². The summed E-state index contributed by atoms with van der Waals surface area (Å²) in [6, 6.07) is 3.57. The van der Waals surface area contributed by atoms with Gasteiger partial charge in [-0.05, 0) is 19.1 Å². The highest BCUT2D eigenvalue weighted by Gasteiger charge is 2.12. The number of aromatic nitrogens is 4. The number of hydrogen-bond donors (Lipinski definition) is 1. The zero-order valence-electron chi connectivity index (χ0n) is 10.1. The van der Waals surface area contributed by atoms with E-state index in [9.17, 15) is 4.79 Å². The minimum atomic E-state index is 0.0517. The largest absolute Gasteiger partial charge is 0.359 e. The molecule has 0 atom stereocenters. The molecule has 0 amide bonds. The molecule has 0 radical (unpaired) electrons. The molecule has 0 bridgehead atoms. The minimum Gasteiger partial charge on any atom is -0.359 e. The SMILES string of the molecule is C=CCn1c(C)nnc1SCC(=O)c1ccc[nH]1. The molecule has 0 aliphatic rings. The summed E-state index contributed by atoms with van der Waals surface area (Å²) in [6.07, 6.45) is 3.52. The standard InChI is InChI=1S/C12H14N4OS/c1-3-7-16-9(2)14-15-12(16)18-8-11(17)10-5-4-6-13-10/h3-6,13H,1,7-8H2,2H3. The number of rotatable bonds is 6. The van der Waals surface area contributed by atoms with Crippen LogP contribution in [0.5, 0.6) is 0 Å². The van der Waals surface area contributed by atoms with Crippen molar-refractivity contribution < 1.29 is 4.79 Å². The third-order valence-electron chi connectivity index (χ3n) is 2.44. The third kappa shape index (κ3) is 2.70. The zero-order chi connectivity index (χ0) is 13.0. The highest BCUT2D eigenvalue weighted by Crippen LogP contribution is 2.18. The summed E-state index contributed by atoms with van der Waals surface area (Å²) in [5.74, 6) is 1.22. The van der Waals surface area contributed by atoms with Gasteiger partial charge in [0.1, 0.15) is 5.82 Å². The number of Topliss-reactive ketones (excluding diaryl/α,β-unsaturated/α-hetero) is 1. The Bertz CT molecular complexity index is 544. The highest BCUT2D eigenvalue weighted by atomic mass is 32.2. The van der Waals surface area contributed by atoms with Gasteiger partial charge in [-0.3, -0.25) is 4.79 Å². The number of nitrogens with one attached hydrogen (secondary N) is 1. The van der Waals surface area contributed by atoms with Crippen LogP contribution in [-0.2, 0) is 6.54 Å². The molecule has 2 aromatic rings. The number of allylic oxidation sites excluding steroid dienone is 1. The van der Waals surface area contributed by atoms with Crippen LogP contribution in [0, 0.1) is 6.92 Å². The summed E-state index contributed by atoms with van der Waals surface area (Å²) < 4.78 is 1.93. The maximum absolute atomic E-state index is 11.8. The van der Waals surface area contributed by atoms with E-state index in [0.717, 1.165) is 11.0 Å². The molecule has 94 valence electrons. The molecule has 1 N–H and O–H groups in total. The molecular weight excluding hydrogens is 248 g/mol. The van der Waals surface area contributed by atoms with Gasteiger partial charge in [-0.2, -0.15) is 0 Å². The molecular formula is C12H14N4OS. The summed E-state index contributed by atoms with van der Waals surface area (Å²) >= 11 is 1.39. The Morgan fingerprint density at radius 2 is 2.44 bits per heavy atom. The number of nitrogens with zero attached hydrogens (tertiary/aromatic N) is 3. The van der Waals surface area contributed by atoms with Gasteiger partial charge in [0.25, 0.3) is 0 Å². The Morgan fingerprint density at radius 1 is 1.61 bits per heavy atom. The first-order chi connectivity index (χ1) is 8.72. The average Bonchev–Trinajstić information content (AvgIpc) is 2.99. The van der Waals surface area contributed by atoms with Gasteiger partial charge < -0.3 is 9.55 Å². The van der Waals surface area contributed by atoms with Crippen LogP contribution < -0.4 is 0 Å². The smallest absolute Gasteiger partial charge is 0.191 e. The molecule has 0 saturated carbocycles. The van der Waals surface area contributed by atoms with Gasteiger partial charge in [-0.25, -0.2) is 0 Å². The van der Waals surface area contributed by atoms with E-state index in [1.54, 1.807) is 18.3 Å². The second-order valence-corrected chi connectivity index (χ2v) is 4.67. The molecule has 0 fully saturated rings. The van der Waals surface area contributed by atoms with Gasteiger partial charge in [0.2, 0.25) is 0 Å². The van der Waals surface area contributed by atoms with E-state index in [1.807, 2.05) is 17.6 Å². The van der Waals surface area contributed by atoms with E-state index >= 15 is 0 Å². The Hall–Kier alpha value is -1.82. The fourth-order valence-electron chi connectivity index (χ4n) is 1.52. The van der Waals surface area contributed by atoms with Crippen molar-refractivity contribution in [3.63, 3.8) is 0 Å².